The van der Waals surface area contributed by atoms with Gasteiger partial charge in [0.05, 0.1) is 11.7 Å². The first kappa shape index (κ1) is 10.2. The molecule has 0 radical (unpaired) electrons. The molecule has 15 heavy (non-hydrogen) atoms. The zero-order valence-corrected chi connectivity index (χ0v) is 8.88. The molecule has 3 nitrogen and oxygen atoms in total. The van der Waals surface area contributed by atoms with Crippen LogP contribution in [0.25, 0.3) is 0 Å². The minimum atomic E-state index is -0.448. The van der Waals surface area contributed by atoms with E-state index in [0.29, 0.717) is 18.0 Å². The lowest BCUT2D eigenvalue weighted by atomic mass is 10.00. The van der Waals surface area contributed by atoms with Crippen molar-refractivity contribution in [1.29, 1.82) is 0 Å². The van der Waals surface area contributed by atoms with Crippen LogP contribution in [0, 0.1) is 5.82 Å². The topological polar surface area (TPSA) is 47.3 Å². The van der Waals surface area contributed by atoms with E-state index < -0.39 is 5.60 Å². The van der Waals surface area contributed by atoms with E-state index in [0.717, 1.165) is 0 Å². The van der Waals surface area contributed by atoms with E-state index in [1.54, 1.807) is 6.07 Å². The highest BCUT2D eigenvalue weighted by molar-refractivity contribution is 5.57. The Labute approximate surface area is 88.4 Å². The molecule has 0 unspecified atom stereocenters. The molecule has 2 rings (SSSR count). The molecular weight excluding hydrogens is 195 g/mol. The summed E-state index contributed by atoms with van der Waals surface area (Å²) in [7, 11) is 0. The maximum absolute atomic E-state index is 13.0. The fourth-order valence-corrected chi connectivity index (χ4v) is 1.55. The van der Waals surface area contributed by atoms with Crippen LogP contribution in [0.15, 0.2) is 18.2 Å². The van der Waals surface area contributed by atoms with Crippen LogP contribution in [0.3, 0.4) is 0 Å². The molecule has 0 fully saturated rings. The molecule has 1 aliphatic rings. The molecule has 1 aliphatic heterocycles. The fraction of sp³-hybridized carbons (Fsp3) is 0.455. The van der Waals surface area contributed by atoms with Gasteiger partial charge < -0.3 is 15.8 Å². The van der Waals surface area contributed by atoms with Gasteiger partial charge in [-0.1, -0.05) is 0 Å². The van der Waals surface area contributed by atoms with Gasteiger partial charge in [0.2, 0.25) is 0 Å². The van der Waals surface area contributed by atoms with Gasteiger partial charge in [-0.2, -0.15) is 0 Å². The highest BCUT2D eigenvalue weighted by atomic mass is 19.1. The number of ether oxygens (including phenoxy) is 1. The predicted molar refractivity (Wildman–Crippen MR) is 57.6 cm³/mol. The number of hydrogen-bond donors (Lipinski definition) is 2. The van der Waals surface area contributed by atoms with E-state index in [4.69, 9.17) is 10.5 Å². The summed E-state index contributed by atoms with van der Waals surface area (Å²) < 4.78 is 18.7. The average molecular weight is 210 g/mol. The van der Waals surface area contributed by atoms with E-state index >= 15 is 0 Å². The quantitative estimate of drug-likeness (QED) is 0.685. The Balaban J connectivity index is 2.39. The van der Waals surface area contributed by atoms with Crippen molar-refractivity contribution in [2.45, 2.75) is 25.5 Å². The number of nitrogens with one attached hydrogen (secondary N) is 1. The maximum atomic E-state index is 13.0. The summed E-state index contributed by atoms with van der Waals surface area (Å²) in [5, 5.41) is 3.08. The minimum absolute atomic E-state index is 0.132. The van der Waals surface area contributed by atoms with Crippen molar-refractivity contribution in [3.63, 3.8) is 0 Å². The Morgan fingerprint density at radius 2 is 2.27 bits per heavy atom. The fourth-order valence-electron chi connectivity index (χ4n) is 1.55. The van der Waals surface area contributed by atoms with Crippen molar-refractivity contribution in [1.82, 2.24) is 0 Å². The lowest BCUT2D eigenvalue weighted by Gasteiger charge is -2.29. The first-order chi connectivity index (χ1) is 6.99. The Morgan fingerprint density at radius 1 is 1.53 bits per heavy atom. The molecule has 0 aliphatic carbocycles. The van der Waals surface area contributed by atoms with Crippen molar-refractivity contribution >= 4 is 5.69 Å². The van der Waals surface area contributed by atoms with E-state index in [1.165, 1.54) is 12.1 Å². The van der Waals surface area contributed by atoms with Crippen LogP contribution in [-0.4, -0.2) is 18.2 Å². The van der Waals surface area contributed by atoms with Crippen LogP contribution in [0.5, 0.6) is 5.75 Å². The molecule has 4 heteroatoms. The molecule has 1 aromatic rings. The highest BCUT2D eigenvalue weighted by Gasteiger charge is 2.31. The largest absolute Gasteiger partial charge is 0.484 e. The molecule has 0 bridgehead atoms. The molecule has 1 atom stereocenters. The van der Waals surface area contributed by atoms with E-state index in [1.807, 2.05) is 13.8 Å². The van der Waals surface area contributed by atoms with E-state index in [-0.39, 0.29) is 11.9 Å². The first-order valence-electron chi connectivity index (χ1n) is 4.97. The zero-order valence-electron chi connectivity index (χ0n) is 8.88. The van der Waals surface area contributed by atoms with Crippen LogP contribution in [0.2, 0.25) is 0 Å². The van der Waals surface area contributed by atoms with Crippen molar-refractivity contribution in [2.75, 3.05) is 11.9 Å². The van der Waals surface area contributed by atoms with E-state index in [2.05, 4.69) is 5.32 Å². The van der Waals surface area contributed by atoms with Crippen LogP contribution in [-0.2, 0) is 0 Å². The Hall–Kier alpha value is -1.29. The second-order valence-electron chi connectivity index (χ2n) is 4.33. The number of rotatable bonds is 0. The summed E-state index contributed by atoms with van der Waals surface area (Å²) in [4.78, 5) is 0. The summed E-state index contributed by atoms with van der Waals surface area (Å²) in [6.45, 7) is 4.43. The van der Waals surface area contributed by atoms with Gasteiger partial charge >= 0.3 is 0 Å². The third-order valence-electron chi connectivity index (χ3n) is 2.72. The SMILES string of the molecule is CC1(C)Oc2ccc(F)cc2NC[C@H]1N. The summed E-state index contributed by atoms with van der Waals surface area (Å²) >= 11 is 0. The lowest BCUT2D eigenvalue weighted by molar-refractivity contribution is 0.0891. The molecular formula is C11H15FN2O. The van der Waals surface area contributed by atoms with Gasteiger partial charge in [0.15, 0.2) is 0 Å². The van der Waals surface area contributed by atoms with Gasteiger partial charge in [0.1, 0.15) is 17.2 Å². The lowest BCUT2D eigenvalue weighted by Crippen LogP contribution is -2.50. The molecule has 82 valence electrons. The Morgan fingerprint density at radius 3 is 3.00 bits per heavy atom. The van der Waals surface area contributed by atoms with Crippen LogP contribution >= 0.6 is 0 Å². The predicted octanol–water partition coefficient (Wildman–Crippen LogP) is 1.74. The highest BCUT2D eigenvalue weighted by Crippen LogP contribution is 2.32. The standard InChI is InChI=1S/C11H15FN2O/c1-11(2)10(13)6-14-8-5-7(12)3-4-9(8)15-11/h3-5,10,14H,6,13H2,1-2H3/t10-/m1/s1. The summed E-state index contributed by atoms with van der Waals surface area (Å²) in [6, 6.07) is 4.29. The number of hydrogen-bond acceptors (Lipinski definition) is 3. The van der Waals surface area contributed by atoms with Crippen molar-refractivity contribution in [3.05, 3.63) is 24.0 Å². The summed E-state index contributed by atoms with van der Waals surface area (Å²) in [6.07, 6.45) is 0. The monoisotopic (exact) mass is 210 g/mol. The van der Waals surface area contributed by atoms with E-state index in [9.17, 15) is 4.39 Å². The van der Waals surface area contributed by atoms with Crippen LogP contribution in [0.1, 0.15) is 13.8 Å². The summed E-state index contributed by atoms with van der Waals surface area (Å²) in [5.41, 5.74) is 6.16. The smallest absolute Gasteiger partial charge is 0.143 e. The molecule has 0 saturated carbocycles. The number of benzene rings is 1. The minimum Gasteiger partial charge on any atom is -0.484 e. The van der Waals surface area contributed by atoms with Gasteiger partial charge in [-0.3, -0.25) is 0 Å². The van der Waals surface area contributed by atoms with Crippen molar-refractivity contribution in [2.24, 2.45) is 5.73 Å². The number of nitrogens with two attached hydrogens (primary N) is 1. The number of fused-ring (bicyclic) bond motifs is 1. The molecule has 1 heterocycles. The Kier molecular flexibility index (Phi) is 2.31. The van der Waals surface area contributed by atoms with Crippen LogP contribution < -0.4 is 15.8 Å². The number of halogens is 1. The van der Waals surface area contributed by atoms with Gasteiger partial charge in [-0.05, 0) is 26.0 Å². The normalized spacial score (nSPS) is 23.3. The molecule has 0 saturated heterocycles. The molecule has 0 aromatic heterocycles. The molecule has 1 aromatic carbocycles. The van der Waals surface area contributed by atoms with Gasteiger partial charge in [0.25, 0.3) is 0 Å². The third kappa shape index (κ3) is 1.90. The molecule has 0 spiro atoms. The second-order valence-corrected chi connectivity index (χ2v) is 4.33. The Bertz CT molecular complexity index is 379. The van der Waals surface area contributed by atoms with Crippen molar-refractivity contribution < 1.29 is 9.13 Å². The third-order valence-corrected chi connectivity index (χ3v) is 2.72. The summed E-state index contributed by atoms with van der Waals surface area (Å²) in [5.74, 6) is 0.368. The maximum Gasteiger partial charge on any atom is 0.143 e. The average Bonchev–Trinajstić information content (AvgIpc) is 2.26. The second kappa shape index (κ2) is 3.38. The molecule has 3 N–H and O–H groups in total. The number of anilines is 1. The zero-order chi connectivity index (χ0) is 11.1. The van der Waals surface area contributed by atoms with Crippen LogP contribution in [0.4, 0.5) is 10.1 Å². The van der Waals surface area contributed by atoms with Crippen molar-refractivity contribution in [3.8, 4) is 5.75 Å². The molecule has 0 amide bonds. The van der Waals surface area contributed by atoms with Gasteiger partial charge in [-0.15, -0.1) is 0 Å². The van der Waals surface area contributed by atoms with Gasteiger partial charge in [0, 0.05) is 12.6 Å². The van der Waals surface area contributed by atoms with Gasteiger partial charge in [-0.25, -0.2) is 4.39 Å². The first-order valence-corrected chi connectivity index (χ1v) is 4.97.